The third kappa shape index (κ3) is 4.52. The van der Waals surface area contributed by atoms with Gasteiger partial charge in [0.1, 0.15) is 11.6 Å². The van der Waals surface area contributed by atoms with Crippen LogP contribution >= 0.6 is 0 Å². The maximum atomic E-state index is 11.9. The number of esters is 1. The summed E-state index contributed by atoms with van der Waals surface area (Å²) in [6, 6.07) is 16.4. The second-order valence-electron chi connectivity index (χ2n) is 5.73. The number of aromatic nitrogens is 2. The van der Waals surface area contributed by atoms with Crippen LogP contribution in [0, 0.1) is 6.92 Å². The van der Waals surface area contributed by atoms with Crippen LogP contribution < -0.4 is 15.4 Å². The summed E-state index contributed by atoms with van der Waals surface area (Å²) in [5.41, 5.74) is 2.63. The number of ether oxygens (including phenoxy) is 2. The van der Waals surface area contributed by atoms with E-state index < -0.39 is 5.97 Å². The normalized spacial score (nSPS) is 10.2. The van der Waals surface area contributed by atoms with Gasteiger partial charge in [-0.25, -0.2) is 9.78 Å². The fourth-order valence-corrected chi connectivity index (χ4v) is 2.51. The summed E-state index contributed by atoms with van der Waals surface area (Å²) < 4.78 is 9.98. The SMILES string of the molecule is COC(=O)c1ccccc1Nc1nc(C)cc(Nc2ccc(OC)cc2)n1. The predicted molar refractivity (Wildman–Crippen MR) is 104 cm³/mol. The molecule has 7 nitrogen and oxygen atoms in total. The smallest absolute Gasteiger partial charge is 0.339 e. The van der Waals surface area contributed by atoms with E-state index in [4.69, 9.17) is 9.47 Å². The molecule has 0 saturated carbocycles. The molecule has 0 bridgehead atoms. The van der Waals surface area contributed by atoms with E-state index in [1.54, 1.807) is 25.3 Å². The van der Waals surface area contributed by atoms with Crippen LogP contribution in [0.2, 0.25) is 0 Å². The molecule has 0 fully saturated rings. The second kappa shape index (κ2) is 8.18. The molecule has 1 aromatic heterocycles. The molecule has 1 heterocycles. The first-order valence-electron chi connectivity index (χ1n) is 8.30. The van der Waals surface area contributed by atoms with Gasteiger partial charge in [0.2, 0.25) is 5.95 Å². The second-order valence-corrected chi connectivity index (χ2v) is 5.73. The van der Waals surface area contributed by atoms with Crippen molar-refractivity contribution < 1.29 is 14.3 Å². The van der Waals surface area contributed by atoms with E-state index in [1.165, 1.54) is 7.11 Å². The Morgan fingerprint density at radius 1 is 0.963 bits per heavy atom. The van der Waals surface area contributed by atoms with Gasteiger partial charge in [-0.3, -0.25) is 0 Å². The highest BCUT2D eigenvalue weighted by Crippen LogP contribution is 2.23. The largest absolute Gasteiger partial charge is 0.497 e. The van der Waals surface area contributed by atoms with Crippen molar-refractivity contribution in [1.82, 2.24) is 9.97 Å². The number of carbonyl (C=O) groups excluding carboxylic acids is 1. The lowest BCUT2D eigenvalue weighted by Gasteiger charge is -2.12. The average molecular weight is 364 g/mol. The van der Waals surface area contributed by atoms with Crippen molar-refractivity contribution in [3.05, 3.63) is 65.9 Å². The van der Waals surface area contributed by atoms with Crippen LogP contribution in [-0.4, -0.2) is 30.2 Å². The number of hydrogen-bond acceptors (Lipinski definition) is 7. The highest BCUT2D eigenvalue weighted by atomic mass is 16.5. The first-order valence-corrected chi connectivity index (χ1v) is 8.30. The lowest BCUT2D eigenvalue weighted by Crippen LogP contribution is -2.08. The van der Waals surface area contributed by atoms with Crippen molar-refractivity contribution in [2.75, 3.05) is 24.9 Å². The van der Waals surface area contributed by atoms with Crippen LogP contribution in [0.4, 0.5) is 23.1 Å². The number of methoxy groups -OCH3 is 2. The molecule has 0 unspecified atom stereocenters. The van der Waals surface area contributed by atoms with Crippen molar-refractivity contribution in [3.63, 3.8) is 0 Å². The Hall–Kier alpha value is -3.61. The van der Waals surface area contributed by atoms with Crippen LogP contribution in [0.15, 0.2) is 54.6 Å². The Labute approximate surface area is 157 Å². The topological polar surface area (TPSA) is 85.4 Å². The number of aryl methyl sites for hydroxylation is 1. The summed E-state index contributed by atoms with van der Waals surface area (Å²) in [6.07, 6.45) is 0. The standard InChI is InChI=1S/C20H20N4O3/c1-13-12-18(22-14-8-10-15(26-2)11-9-14)24-20(21-13)23-17-7-5-4-6-16(17)19(25)27-3/h4-12H,1-3H3,(H2,21,22,23,24). The van der Waals surface area contributed by atoms with Crippen molar-refractivity contribution >= 4 is 29.1 Å². The summed E-state index contributed by atoms with van der Waals surface area (Å²) in [7, 11) is 2.97. The van der Waals surface area contributed by atoms with Crippen LogP contribution in [0.3, 0.4) is 0 Å². The molecule has 2 aromatic carbocycles. The Morgan fingerprint density at radius 2 is 1.70 bits per heavy atom. The molecule has 0 amide bonds. The molecule has 0 aliphatic carbocycles. The third-order valence-electron chi connectivity index (χ3n) is 3.80. The number of hydrogen-bond donors (Lipinski definition) is 2. The average Bonchev–Trinajstić information content (AvgIpc) is 2.68. The molecule has 138 valence electrons. The molecule has 2 N–H and O–H groups in total. The van der Waals surface area contributed by atoms with Crippen molar-refractivity contribution in [3.8, 4) is 5.75 Å². The van der Waals surface area contributed by atoms with Gasteiger partial charge in [-0.05, 0) is 43.3 Å². The number of nitrogens with one attached hydrogen (secondary N) is 2. The number of benzene rings is 2. The number of rotatable bonds is 6. The van der Waals surface area contributed by atoms with E-state index in [1.807, 2.05) is 43.3 Å². The number of carbonyl (C=O) groups is 1. The summed E-state index contributed by atoms with van der Waals surface area (Å²) in [6.45, 7) is 1.87. The summed E-state index contributed by atoms with van der Waals surface area (Å²) in [5.74, 6) is 1.36. The minimum Gasteiger partial charge on any atom is -0.497 e. The Balaban J connectivity index is 1.84. The molecule has 0 spiro atoms. The molecule has 0 radical (unpaired) electrons. The van der Waals surface area contributed by atoms with Gasteiger partial charge in [-0.15, -0.1) is 0 Å². The zero-order valence-electron chi connectivity index (χ0n) is 15.3. The van der Waals surface area contributed by atoms with Gasteiger partial charge < -0.3 is 20.1 Å². The Bertz CT molecular complexity index is 942. The van der Waals surface area contributed by atoms with Gasteiger partial charge in [0.15, 0.2) is 0 Å². The van der Waals surface area contributed by atoms with Crippen LogP contribution in [0.5, 0.6) is 5.75 Å². The molecule has 0 aliphatic rings. The molecular formula is C20H20N4O3. The van der Waals surface area contributed by atoms with Gasteiger partial charge in [0.25, 0.3) is 0 Å². The third-order valence-corrected chi connectivity index (χ3v) is 3.80. The van der Waals surface area contributed by atoms with E-state index in [-0.39, 0.29) is 0 Å². The minimum atomic E-state index is -0.428. The van der Waals surface area contributed by atoms with E-state index in [2.05, 4.69) is 20.6 Å². The van der Waals surface area contributed by atoms with E-state index in [9.17, 15) is 4.79 Å². The zero-order valence-corrected chi connectivity index (χ0v) is 15.3. The number of nitrogens with zero attached hydrogens (tertiary/aromatic N) is 2. The molecule has 0 aliphatic heterocycles. The lowest BCUT2D eigenvalue weighted by atomic mass is 10.2. The van der Waals surface area contributed by atoms with Crippen molar-refractivity contribution in [2.24, 2.45) is 0 Å². The fourth-order valence-electron chi connectivity index (χ4n) is 2.51. The van der Waals surface area contributed by atoms with Crippen LogP contribution in [-0.2, 0) is 4.74 Å². The lowest BCUT2D eigenvalue weighted by molar-refractivity contribution is 0.0602. The summed E-state index contributed by atoms with van der Waals surface area (Å²) in [4.78, 5) is 20.8. The van der Waals surface area contributed by atoms with Gasteiger partial charge >= 0.3 is 5.97 Å². The molecular weight excluding hydrogens is 344 g/mol. The number of anilines is 4. The molecule has 0 atom stereocenters. The monoisotopic (exact) mass is 364 g/mol. The first kappa shape index (κ1) is 18.2. The maximum Gasteiger partial charge on any atom is 0.339 e. The molecule has 3 aromatic rings. The van der Waals surface area contributed by atoms with Gasteiger partial charge in [-0.1, -0.05) is 12.1 Å². The van der Waals surface area contributed by atoms with Gasteiger partial charge in [-0.2, -0.15) is 4.98 Å². The summed E-state index contributed by atoms with van der Waals surface area (Å²) >= 11 is 0. The van der Waals surface area contributed by atoms with Crippen molar-refractivity contribution in [2.45, 2.75) is 6.92 Å². The van der Waals surface area contributed by atoms with Crippen LogP contribution in [0.25, 0.3) is 0 Å². The Morgan fingerprint density at radius 3 is 2.41 bits per heavy atom. The maximum absolute atomic E-state index is 11.9. The molecule has 0 saturated heterocycles. The van der Waals surface area contributed by atoms with Gasteiger partial charge in [0, 0.05) is 17.4 Å². The molecule has 7 heteroatoms. The predicted octanol–water partition coefficient (Wildman–Crippen LogP) is 4.07. The molecule has 3 rings (SSSR count). The first-order chi connectivity index (χ1) is 13.1. The highest BCUT2D eigenvalue weighted by molar-refractivity contribution is 5.96. The van der Waals surface area contributed by atoms with E-state index in [0.717, 1.165) is 17.1 Å². The Kier molecular flexibility index (Phi) is 5.51. The zero-order chi connectivity index (χ0) is 19.2. The summed E-state index contributed by atoms with van der Waals surface area (Å²) in [5, 5.41) is 6.32. The highest BCUT2D eigenvalue weighted by Gasteiger charge is 2.12. The quantitative estimate of drug-likeness (QED) is 0.638. The number of para-hydroxylation sites is 1. The van der Waals surface area contributed by atoms with Gasteiger partial charge in [0.05, 0.1) is 25.5 Å². The van der Waals surface area contributed by atoms with E-state index >= 15 is 0 Å². The molecule has 27 heavy (non-hydrogen) atoms. The van der Waals surface area contributed by atoms with Crippen molar-refractivity contribution in [1.29, 1.82) is 0 Å². The fraction of sp³-hybridized carbons (Fsp3) is 0.150. The minimum absolute atomic E-state index is 0.377. The van der Waals surface area contributed by atoms with Crippen LogP contribution in [0.1, 0.15) is 16.1 Å². The van der Waals surface area contributed by atoms with E-state index in [0.29, 0.717) is 23.0 Å².